The first-order valence-corrected chi connectivity index (χ1v) is 14.7. The van der Waals surface area contributed by atoms with Crippen LogP contribution in [0.3, 0.4) is 0 Å². The fourth-order valence-electron chi connectivity index (χ4n) is 4.26. The molecule has 0 spiro atoms. The molecule has 15 nitrogen and oxygen atoms in total. The van der Waals surface area contributed by atoms with Crippen LogP contribution in [0, 0.1) is 11.8 Å². The molecule has 15 heteroatoms. The van der Waals surface area contributed by atoms with E-state index < -0.39 is 59.6 Å². The van der Waals surface area contributed by atoms with Gasteiger partial charge in [0, 0.05) is 30.9 Å². The molecule has 1 aliphatic heterocycles. The first kappa shape index (κ1) is 36.4. The van der Waals surface area contributed by atoms with E-state index in [1.165, 1.54) is 0 Å². The molecule has 4 atom stereocenters. The lowest BCUT2D eigenvalue weighted by Crippen LogP contribution is -2.60. The first-order valence-electron chi connectivity index (χ1n) is 14.7. The molecule has 1 aromatic rings. The van der Waals surface area contributed by atoms with Crippen LogP contribution >= 0.6 is 0 Å². The lowest BCUT2D eigenvalue weighted by atomic mass is 10.0. The first-order chi connectivity index (χ1) is 21.3. The minimum Gasteiger partial charge on any atom is -0.461 e. The summed E-state index contributed by atoms with van der Waals surface area (Å²) in [5.41, 5.74) is 11.9. The summed E-state index contributed by atoms with van der Waals surface area (Å²) in [6, 6.07) is 2.31. The van der Waals surface area contributed by atoms with Crippen molar-refractivity contribution in [2.24, 2.45) is 23.3 Å². The molecule has 0 bridgehead atoms. The Morgan fingerprint density at radius 1 is 0.911 bits per heavy atom. The van der Waals surface area contributed by atoms with Gasteiger partial charge in [-0.1, -0.05) is 39.8 Å². The van der Waals surface area contributed by atoms with Crippen molar-refractivity contribution in [3.63, 3.8) is 0 Å². The molecule has 1 heterocycles. The van der Waals surface area contributed by atoms with Crippen molar-refractivity contribution in [3.05, 3.63) is 42.0 Å². The zero-order valence-corrected chi connectivity index (χ0v) is 26.0. The van der Waals surface area contributed by atoms with Gasteiger partial charge in [0.05, 0.1) is 5.92 Å². The maximum Gasteiger partial charge on any atom is 0.312 e. The third-order valence-electron chi connectivity index (χ3n) is 7.15. The molecule has 0 aliphatic carbocycles. The molecular formula is C30H43N7O8. The van der Waals surface area contributed by atoms with Gasteiger partial charge in [-0.25, -0.2) is 4.79 Å². The van der Waals surface area contributed by atoms with Crippen molar-refractivity contribution in [2.75, 3.05) is 18.4 Å². The highest BCUT2D eigenvalue weighted by molar-refractivity contribution is 6.15. The number of hydrogen-bond donors (Lipinski definition) is 6. The van der Waals surface area contributed by atoms with E-state index in [0.29, 0.717) is 22.6 Å². The molecule has 8 N–H and O–H groups in total. The standard InChI is InChI=1S/C30H43N7O8/c1-5-18(4)29(43)45-16-19-8-10-20(11-9-19)34-26(40)21(7-6-14-33-30(32)44)35-28(42)25(17(2)3)36-27(41)22(15-31)37-23(38)12-13-24(37)39/h8-13,17-18,21-22,25H,5-7,14-16,31H2,1-4H3,(H,34,40)(H,35,42)(H,36,41)(H3,32,33,44). The van der Waals surface area contributed by atoms with Crippen LogP contribution in [0.15, 0.2) is 36.4 Å². The van der Waals surface area contributed by atoms with Crippen molar-refractivity contribution in [1.29, 1.82) is 0 Å². The maximum atomic E-state index is 13.4. The van der Waals surface area contributed by atoms with Crippen molar-refractivity contribution < 1.29 is 38.3 Å². The topological polar surface area (TPSA) is 232 Å². The monoisotopic (exact) mass is 629 g/mol. The second kappa shape index (κ2) is 17.5. The molecule has 0 radical (unpaired) electrons. The number of carbonyl (C=O) groups excluding carboxylic acids is 7. The average Bonchev–Trinajstić information content (AvgIpc) is 3.33. The van der Waals surface area contributed by atoms with E-state index in [1.54, 1.807) is 45.0 Å². The van der Waals surface area contributed by atoms with E-state index in [0.717, 1.165) is 12.2 Å². The molecule has 246 valence electrons. The van der Waals surface area contributed by atoms with Crippen LogP contribution in [0.25, 0.3) is 0 Å². The van der Waals surface area contributed by atoms with Crippen LogP contribution in [0.4, 0.5) is 10.5 Å². The second-order valence-electron chi connectivity index (χ2n) is 11.0. The smallest absolute Gasteiger partial charge is 0.312 e. The van der Waals surface area contributed by atoms with Crippen LogP contribution in [0.1, 0.15) is 52.5 Å². The van der Waals surface area contributed by atoms with Gasteiger partial charge in [-0.05, 0) is 42.9 Å². The lowest BCUT2D eigenvalue weighted by molar-refractivity contribution is -0.149. The Hall–Kier alpha value is -4.79. The molecule has 0 fully saturated rings. The van der Waals surface area contributed by atoms with E-state index >= 15 is 0 Å². The zero-order valence-electron chi connectivity index (χ0n) is 26.0. The van der Waals surface area contributed by atoms with Crippen molar-refractivity contribution in [2.45, 2.75) is 71.7 Å². The number of hydrogen-bond acceptors (Lipinski definition) is 9. The van der Waals surface area contributed by atoms with E-state index in [1.807, 2.05) is 6.92 Å². The maximum absolute atomic E-state index is 13.4. The Morgan fingerprint density at radius 2 is 1.53 bits per heavy atom. The van der Waals surface area contributed by atoms with E-state index in [4.69, 9.17) is 16.2 Å². The van der Waals surface area contributed by atoms with Crippen LogP contribution < -0.4 is 32.7 Å². The van der Waals surface area contributed by atoms with Gasteiger partial charge in [-0.15, -0.1) is 0 Å². The summed E-state index contributed by atoms with van der Waals surface area (Å²) in [4.78, 5) is 87.7. The molecule has 0 saturated carbocycles. The largest absolute Gasteiger partial charge is 0.461 e. The average molecular weight is 630 g/mol. The third kappa shape index (κ3) is 11.0. The van der Waals surface area contributed by atoms with Gasteiger partial charge in [-0.2, -0.15) is 0 Å². The number of primary amides is 1. The van der Waals surface area contributed by atoms with E-state index in [9.17, 15) is 33.6 Å². The highest BCUT2D eigenvalue weighted by atomic mass is 16.5. The highest BCUT2D eigenvalue weighted by Crippen LogP contribution is 2.15. The Bertz CT molecular complexity index is 1260. The Labute approximate surface area is 261 Å². The Balaban J connectivity index is 2.13. The van der Waals surface area contributed by atoms with Crippen LogP contribution in [-0.2, 0) is 40.1 Å². The van der Waals surface area contributed by atoms with Gasteiger partial charge in [0.2, 0.25) is 17.7 Å². The summed E-state index contributed by atoms with van der Waals surface area (Å²) >= 11 is 0. The zero-order chi connectivity index (χ0) is 33.7. The van der Waals surface area contributed by atoms with E-state index in [2.05, 4.69) is 21.3 Å². The Morgan fingerprint density at radius 3 is 2.07 bits per heavy atom. The van der Waals surface area contributed by atoms with Crippen molar-refractivity contribution in [1.82, 2.24) is 20.9 Å². The molecule has 45 heavy (non-hydrogen) atoms. The molecular weight excluding hydrogens is 586 g/mol. The number of nitrogens with one attached hydrogen (secondary N) is 4. The summed E-state index contributed by atoms with van der Waals surface area (Å²) in [6.45, 7) is 6.87. The summed E-state index contributed by atoms with van der Waals surface area (Å²) in [5.74, 6) is -4.43. The predicted octanol–water partition coefficient (Wildman–Crippen LogP) is 0.0408. The number of urea groups is 1. The summed E-state index contributed by atoms with van der Waals surface area (Å²) in [6.07, 6.45) is 3.10. The van der Waals surface area contributed by atoms with Crippen molar-refractivity contribution >= 4 is 47.2 Å². The van der Waals surface area contributed by atoms with E-state index in [-0.39, 0.29) is 44.4 Å². The number of anilines is 1. The van der Waals surface area contributed by atoms with Gasteiger partial charge >= 0.3 is 12.0 Å². The summed E-state index contributed by atoms with van der Waals surface area (Å²) < 4.78 is 5.30. The minimum absolute atomic E-state index is 0.0763. The quantitative estimate of drug-likeness (QED) is 0.0775. The fourth-order valence-corrected chi connectivity index (χ4v) is 4.26. The number of nitrogens with zero attached hydrogens (tertiary/aromatic N) is 1. The number of benzene rings is 1. The summed E-state index contributed by atoms with van der Waals surface area (Å²) in [5, 5.41) is 10.4. The second-order valence-corrected chi connectivity index (χ2v) is 11.0. The number of imide groups is 1. The lowest BCUT2D eigenvalue weighted by Gasteiger charge is -2.29. The minimum atomic E-state index is -1.34. The van der Waals surface area contributed by atoms with Crippen LogP contribution in [0.5, 0.6) is 0 Å². The Kier molecular flexibility index (Phi) is 14.1. The van der Waals surface area contributed by atoms with Gasteiger partial charge < -0.3 is 37.5 Å². The molecule has 4 unspecified atom stereocenters. The van der Waals surface area contributed by atoms with Gasteiger partial charge in [0.15, 0.2) is 0 Å². The third-order valence-corrected chi connectivity index (χ3v) is 7.15. The number of nitrogens with two attached hydrogens (primary N) is 2. The fraction of sp³-hybridized carbons (Fsp3) is 0.500. The van der Waals surface area contributed by atoms with Crippen LogP contribution in [-0.4, -0.2) is 77.7 Å². The number of amides is 7. The molecule has 1 aliphatic rings. The normalized spacial score (nSPS) is 15.2. The molecule has 0 saturated heterocycles. The number of rotatable bonds is 17. The molecule has 7 amide bonds. The summed E-state index contributed by atoms with van der Waals surface area (Å²) in [7, 11) is 0. The van der Waals surface area contributed by atoms with Gasteiger partial charge in [0.1, 0.15) is 24.7 Å². The van der Waals surface area contributed by atoms with Crippen LogP contribution in [0.2, 0.25) is 0 Å². The molecule has 2 rings (SSSR count). The van der Waals surface area contributed by atoms with Crippen molar-refractivity contribution in [3.8, 4) is 0 Å². The molecule has 1 aromatic carbocycles. The molecule has 0 aromatic heterocycles. The van der Waals surface area contributed by atoms with Gasteiger partial charge in [-0.3, -0.25) is 33.7 Å². The SMILES string of the molecule is CCC(C)C(=O)OCc1ccc(NC(=O)C(CCCNC(N)=O)NC(=O)C(NC(=O)C(CN)N2C(=O)C=CC2=O)C(C)C)cc1. The highest BCUT2D eigenvalue weighted by Gasteiger charge is 2.37. The predicted molar refractivity (Wildman–Crippen MR) is 164 cm³/mol. The van der Waals surface area contributed by atoms with Gasteiger partial charge in [0.25, 0.3) is 11.8 Å². The number of esters is 1. The number of ether oxygens (including phenoxy) is 1. The number of carbonyl (C=O) groups is 7.